The fourth-order valence-electron chi connectivity index (χ4n) is 3.04. The molecule has 2 aromatic heterocycles. The summed E-state index contributed by atoms with van der Waals surface area (Å²) in [4.78, 5) is 12.5. The highest BCUT2D eigenvalue weighted by Crippen LogP contribution is 2.26. The molecule has 1 atom stereocenters. The third-order valence-electron chi connectivity index (χ3n) is 4.40. The number of thioether (sulfide) groups is 1. The van der Waals surface area contributed by atoms with Crippen molar-refractivity contribution in [3.05, 3.63) is 53.5 Å². The summed E-state index contributed by atoms with van der Waals surface area (Å²) >= 11 is 1.32. The van der Waals surface area contributed by atoms with Gasteiger partial charge in [-0.1, -0.05) is 17.8 Å². The Kier molecular flexibility index (Phi) is 4.75. The molecule has 0 radical (unpaired) electrons. The maximum Gasteiger partial charge on any atom is 0.237 e. The normalized spacial score (nSPS) is 14.2. The van der Waals surface area contributed by atoms with E-state index >= 15 is 0 Å². The lowest BCUT2D eigenvalue weighted by Crippen LogP contribution is -2.23. The van der Waals surface area contributed by atoms with Crippen molar-refractivity contribution in [1.29, 1.82) is 0 Å². The Bertz CT molecular complexity index is 906. The highest BCUT2D eigenvalue weighted by Gasteiger charge is 2.20. The Morgan fingerprint density at radius 1 is 1.35 bits per heavy atom. The molecule has 0 saturated heterocycles. The average Bonchev–Trinajstić information content (AvgIpc) is 3.37. The zero-order chi connectivity index (χ0) is 17.9. The van der Waals surface area contributed by atoms with Crippen molar-refractivity contribution in [2.24, 2.45) is 0 Å². The van der Waals surface area contributed by atoms with Gasteiger partial charge in [0.15, 0.2) is 0 Å². The smallest absolute Gasteiger partial charge is 0.237 e. The predicted molar refractivity (Wildman–Crippen MR) is 98.0 cm³/mol. The lowest BCUT2D eigenvalue weighted by molar-refractivity contribution is -0.115. The lowest BCUT2D eigenvalue weighted by Gasteiger charge is -2.12. The summed E-state index contributed by atoms with van der Waals surface area (Å²) in [5.41, 5.74) is 3.58. The molecule has 0 fully saturated rings. The van der Waals surface area contributed by atoms with Crippen LogP contribution in [-0.4, -0.2) is 31.4 Å². The van der Waals surface area contributed by atoms with Gasteiger partial charge in [-0.2, -0.15) is 0 Å². The van der Waals surface area contributed by atoms with E-state index in [-0.39, 0.29) is 11.2 Å². The van der Waals surface area contributed by atoms with Gasteiger partial charge in [0.25, 0.3) is 0 Å². The van der Waals surface area contributed by atoms with E-state index in [0.717, 1.165) is 24.3 Å². The molecule has 2 heterocycles. The van der Waals surface area contributed by atoms with Gasteiger partial charge in [-0.05, 0) is 72.0 Å². The van der Waals surface area contributed by atoms with Crippen molar-refractivity contribution >= 4 is 23.4 Å². The third kappa shape index (κ3) is 3.65. The maximum absolute atomic E-state index is 12.5. The number of furan rings is 1. The number of carbonyl (C=O) groups excluding carboxylic acids is 1. The monoisotopic (exact) mass is 369 g/mol. The molecule has 3 aromatic rings. The zero-order valence-electron chi connectivity index (χ0n) is 14.4. The van der Waals surface area contributed by atoms with E-state index in [1.54, 1.807) is 10.9 Å². The molecule has 0 saturated carbocycles. The van der Waals surface area contributed by atoms with Crippen LogP contribution in [0.2, 0.25) is 0 Å². The van der Waals surface area contributed by atoms with Crippen LogP contribution in [0.3, 0.4) is 0 Å². The van der Waals surface area contributed by atoms with E-state index in [0.29, 0.717) is 11.7 Å². The van der Waals surface area contributed by atoms with Gasteiger partial charge in [-0.15, -0.1) is 5.10 Å². The second-order valence-electron chi connectivity index (χ2n) is 6.28. The quantitative estimate of drug-likeness (QED) is 0.673. The van der Waals surface area contributed by atoms with Gasteiger partial charge in [-0.25, -0.2) is 4.68 Å². The first-order valence-corrected chi connectivity index (χ1v) is 9.45. The fraction of sp³-hybridized carbons (Fsp3) is 0.333. The van der Waals surface area contributed by atoms with Crippen LogP contribution >= 0.6 is 11.8 Å². The number of rotatable bonds is 6. The number of hydrogen-bond donors (Lipinski definition) is 1. The average molecular weight is 369 g/mol. The summed E-state index contributed by atoms with van der Waals surface area (Å²) in [7, 11) is 0. The second-order valence-corrected chi connectivity index (χ2v) is 7.59. The third-order valence-corrected chi connectivity index (χ3v) is 5.47. The van der Waals surface area contributed by atoms with Gasteiger partial charge in [0.05, 0.1) is 11.5 Å². The molecule has 1 aliphatic carbocycles. The van der Waals surface area contributed by atoms with E-state index in [1.807, 2.05) is 25.1 Å². The van der Waals surface area contributed by atoms with E-state index < -0.39 is 0 Å². The van der Waals surface area contributed by atoms with Crippen LogP contribution in [0.1, 0.15) is 30.2 Å². The number of anilines is 1. The van der Waals surface area contributed by atoms with E-state index in [2.05, 4.69) is 33.0 Å². The molecule has 26 heavy (non-hydrogen) atoms. The molecule has 1 unspecified atom stereocenters. The number of nitrogens with zero attached hydrogens (tertiary/aromatic N) is 4. The molecular weight excluding hydrogens is 350 g/mol. The van der Waals surface area contributed by atoms with Crippen LogP contribution in [0.4, 0.5) is 5.69 Å². The molecule has 0 spiro atoms. The number of hydrogen-bond acceptors (Lipinski definition) is 6. The largest absolute Gasteiger partial charge is 0.467 e. The van der Waals surface area contributed by atoms with Gasteiger partial charge < -0.3 is 9.73 Å². The minimum Gasteiger partial charge on any atom is -0.467 e. The van der Waals surface area contributed by atoms with Crippen molar-refractivity contribution in [2.75, 3.05) is 5.32 Å². The van der Waals surface area contributed by atoms with Crippen LogP contribution < -0.4 is 5.32 Å². The summed E-state index contributed by atoms with van der Waals surface area (Å²) in [6.07, 6.45) is 5.02. The SMILES string of the molecule is CC(Sc1nnnn1Cc1ccco1)C(=O)Nc1ccc2c(c1)CCC2. The van der Waals surface area contributed by atoms with Crippen molar-refractivity contribution < 1.29 is 9.21 Å². The van der Waals surface area contributed by atoms with Crippen LogP contribution in [0.15, 0.2) is 46.2 Å². The van der Waals surface area contributed by atoms with Crippen molar-refractivity contribution in [1.82, 2.24) is 20.2 Å². The van der Waals surface area contributed by atoms with Crippen molar-refractivity contribution in [3.8, 4) is 0 Å². The zero-order valence-corrected chi connectivity index (χ0v) is 15.2. The van der Waals surface area contributed by atoms with Gasteiger partial charge in [0.1, 0.15) is 12.3 Å². The first kappa shape index (κ1) is 16.8. The number of amides is 1. The number of benzene rings is 1. The number of tetrazole rings is 1. The molecule has 7 nitrogen and oxygen atoms in total. The molecule has 8 heteroatoms. The second kappa shape index (κ2) is 7.33. The minimum atomic E-state index is -0.329. The van der Waals surface area contributed by atoms with Crippen molar-refractivity contribution in [3.63, 3.8) is 0 Å². The maximum atomic E-state index is 12.5. The fourth-order valence-corrected chi connectivity index (χ4v) is 3.82. The summed E-state index contributed by atoms with van der Waals surface area (Å²) in [6.45, 7) is 2.28. The summed E-state index contributed by atoms with van der Waals surface area (Å²) in [6, 6.07) is 9.85. The number of fused-ring (bicyclic) bond motifs is 1. The Morgan fingerprint density at radius 3 is 3.08 bits per heavy atom. The first-order chi connectivity index (χ1) is 12.7. The topological polar surface area (TPSA) is 85.8 Å². The molecule has 1 aromatic carbocycles. The van der Waals surface area contributed by atoms with Gasteiger partial charge >= 0.3 is 0 Å². The summed E-state index contributed by atoms with van der Waals surface area (Å²) in [5, 5.41) is 14.9. The van der Waals surface area contributed by atoms with Gasteiger partial charge in [0, 0.05) is 5.69 Å². The van der Waals surface area contributed by atoms with Crippen LogP contribution in [0, 0.1) is 0 Å². The lowest BCUT2D eigenvalue weighted by atomic mass is 10.1. The predicted octanol–water partition coefficient (Wildman–Crippen LogP) is 2.92. The molecule has 4 rings (SSSR count). The number of aryl methyl sites for hydroxylation is 2. The van der Waals surface area contributed by atoms with Crippen LogP contribution in [-0.2, 0) is 24.2 Å². The van der Waals surface area contributed by atoms with E-state index in [9.17, 15) is 4.79 Å². The Balaban J connectivity index is 1.39. The van der Waals surface area contributed by atoms with Gasteiger partial charge in [-0.3, -0.25) is 4.79 Å². The molecule has 0 bridgehead atoms. The number of nitrogens with one attached hydrogen (secondary N) is 1. The Hall–Kier alpha value is -2.61. The highest BCUT2D eigenvalue weighted by molar-refractivity contribution is 8.00. The molecular formula is C18H19N5O2S. The van der Waals surface area contributed by atoms with Crippen LogP contribution in [0.25, 0.3) is 0 Å². The van der Waals surface area contributed by atoms with Crippen molar-refractivity contribution in [2.45, 2.75) is 43.1 Å². The van der Waals surface area contributed by atoms with Gasteiger partial charge in [0.2, 0.25) is 11.1 Å². The molecule has 1 N–H and O–H groups in total. The minimum absolute atomic E-state index is 0.0690. The standard InChI is InChI=1S/C18H19N5O2S/c1-12(17(24)19-15-8-7-13-4-2-5-14(13)10-15)26-18-20-21-22-23(18)11-16-6-3-9-25-16/h3,6-10,12H,2,4-5,11H2,1H3,(H,19,24). The van der Waals surface area contributed by atoms with E-state index in [1.165, 1.54) is 29.3 Å². The molecule has 0 aliphatic heterocycles. The molecule has 1 amide bonds. The highest BCUT2D eigenvalue weighted by atomic mass is 32.2. The van der Waals surface area contributed by atoms with Crippen LogP contribution in [0.5, 0.6) is 0 Å². The Morgan fingerprint density at radius 2 is 2.23 bits per heavy atom. The molecule has 1 aliphatic rings. The summed E-state index contributed by atoms with van der Waals surface area (Å²) in [5.74, 6) is 0.690. The molecule has 134 valence electrons. The summed E-state index contributed by atoms with van der Waals surface area (Å²) < 4.78 is 6.95. The first-order valence-electron chi connectivity index (χ1n) is 8.57. The number of carbonyl (C=O) groups is 1. The number of aromatic nitrogens is 4. The Labute approximate surface area is 155 Å². The van der Waals surface area contributed by atoms with E-state index in [4.69, 9.17) is 4.42 Å².